The van der Waals surface area contributed by atoms with E-state index in [4.69, 9.17) is 5.73 Å². The summed E-state index contributed by atoms with van der Waals surface area (Å²) in [6, 6.07) is 0. The molecule has 0 unspecified atom stereocenters. The lowest BCUT2D eigenvalue weighted by atomic mass is 10.2. The van der Waals surface area contributed by atoms with E-state index in [1.165, 1.54) is 0 Å². The molecule has 1 rings (SSSR count). The highest BCUT2D eigenvalue weighted by Gasteiger charge is 2.34. The Balaban J connectivity index is 3.47. The largest absolute Gasteiger partial charge is 0.405 e. The minimum atomic E-state index is -4.50. The van der Waals surface area contributed by atoms with Crippen LogP contribution in [0.4, 0.5) is 23.9 Å². The van der Waals surface area contributed by atoms with Gasteiger partial charge in [0.25, 0.3) is 0 Å². The topological polar surface area (TPSA) is 80.5 Å². The Bertz CT molecular complexity index is 650. The third-order valence-corrected chi connectivity index (χ3v) is 5.24. The molecule has 0 saturated carbocycles. The molecule has 5 nitrogen and oxygen atoms in total. The van der Waals surface area contributed by atoms with E-state index in [1.54, 1.807) is 6.92 Å². The molecule has 0 aliphatic rings. The van der Waals surface area contributed by atoms with Crippen molar-refractivity contribution in [3.63, 3.8) is 0 Å². The Morgan fingerprint density at radius 3 is 2.29 bits per heavy atom. The molecule has 0 amide bonds. The molecule has 0 fully saturated rings. The maximum absolute atomic E-state index is 12.5. The number of hydrogen-bond acceptors (Lipinski definition) is 6. The molecule has 10 heteroatoms. The number of ketones is 1. The maximum atomic E-state index is 12.5. The number of thiophene rings is 1. The fourth-order valence-corrected chi connectivity index (χ4v) is 4.44. The number of carbonyl (C=O) groups is 1. The summed E-state index contributed by atoms with van der Waals surface area (Å²) < 4.78 is 61.0. The number of nitrogen functional groups attached to an aromatic ring is 1. The predicted molar refractivity (Wildman–Crippen MR) is 75.8 cm³/mol. The van der Waals surface area contributed by atoms with Gasteiger partial charge in [0.2, 0.25) is 0 Å². The van der Waals surface area contributed by atoms with Crippen molar-refractivity contribution in [3.05, 3.63) is 4.88 Å². The van der Waals surface area contributed by atoms with Gasteiger partial charge in [0.1, 0.15) is 16.4 Å². The van der Waals surface area contributed by atoms with Crippen molar-refractivity contribution in [2.24, 2.45) is 0 Å². The van der Waals surface area contributed by atoms with Gasteiger partial charge in [-0.3, -0.25) is 4.79 Å². The number of halogens is 3. The second kappa shape index (κ2) is 5.84. The first-order chi connectivity index (χ1) is 9.38. The molecule has 2 N–H and O–H groups in total. The van der Waals surface area contributed by atoms with Gasteiger partial charge in [0, 0.05) is 19.7 Å². The maximum Gasteiger partial charge on any atom is 0.405 e. The Hall–Kier alpha value is -1.29. The van der Waals surface area contributed by atoms with E-state index < -0.39 is 33.2 Å². The summed E-state index contributed by atoms with van der Waals surface area (Å²) in [7, 11) is -2.76. The molecular formula is C11H15F3N2O3S2. The van der Waals surface area contributed by atoms with Crippen LogP contribution in [0.15, 0.2) is 4.90 Å². The fraction of sp³-hybridized carbons (Fsp3) is 0.545. The predicted octanol–water partition coefficient (Wildman–Crippen LogP) is 2.33. The highest BCUT2D eigenvalue weighted by Crippen LogP contribution is 2.42. The molecule has 0 atom stereocenters. The minimum absolute atomic E-state index is 0.0260. The first kappa shape index (κ1) is 17.8. The standard InChI is InChI=1S/C11H15F3N2O3S2/c1-4-6(17)8-7(15)9(21(3,18)19)10(20-8)16(2)5-11(12,13)14/h4-5,15H2,1-3H3. The number of anilines is 2. The van der Waals surface area contributed by atoms with Gasteiger partial charge in [-0.15, -0.1) is 11.3 Å². The van der Waals surface area contributed by atoms with Gasteiger partial charge in [0.15, 0.2) is 15.6 Å². The van der Waals surface area contributed by atoms with Crippen molar-refractivity contribution >= 4 is 37.6 Å². The summed E-state index contributed by atoms with van der Waals surface area (Å²) in [5, 5.41) is -0.177. The van der Waals surface area contributed by atoms with Crippen LogP contribution in [0.2, 0.25) is 0 Å². The van der Waals surface area contributed by atoms with E-state index in [0.29, 0.717) is 11.3 Å². The Kier molecular flexibility index (Phi) is 4.94. The molecule has 0 aliphatic carbocycles. The van der Waals surface area contributed by atoms with Crippen molar-refractivity contribution < 1.29 is 26.4 Å². The molecule has 0 spiro atoms. The first-order valence-electron chi connectivity index (χ1n) is 5.81. The lowest BCUT2D eigenvalue weighted by molar-refractivity contribution is -0.119. The number of sulfone groups is 1. The van der Waals surface area contributed by atoms with Crippen molar-refractivity contribution in [1.29, 1.82) is 0 Å². The Labute approximate surface area is 124 Å². The summed E-state index contributed by atoms with van der Waals surface area (Å²) in [5.41, 5.74) is 5.39. The van der Waals surface area contributed by atoms with Crippen LogP contribution in [0.25, 0.3) is 0 Å². The second-order valence-corrected chi connectivity index (χ2v) is 7.45. The first-order valence-corrected chi connectivity index (χ1v) is 8.52. The third-order valence-electron chi connectivity index (χ3n) is 2.59. The van der Waals surface area contributed by atoms with E-state index in [-0.39, 0.29) is 22.0 Å². The summed E-state index contributed by atoms with van der Waals surface area (Å²) in [6.45, 7) is 0.218. The highest BCUT2D eigenvalue weighted by atomic mass is 32.2. The normalized spacial score (nSPS) is 12.5. The van der Waals surface area contributed by atoms with E-state index in [1.807, 2.05) is 0 Å². The Morgan fingerprint density at radius 1 is 1.38 bits per heavy atom. The number of alkyl halides is 3. The van der Waals surface area contributed by atoms with Crippen LogP contribution in [-0.2, 0) is 9.84 Å². The lowest BCUT2D eigenvalue weighted by Gasteiger charge is -2.20. The molecule has 1 aromatic rings. The highest BCUT2D eigenvalue weighted by molar-refractivity contribution is 7.91. The monoisotopic (exact) mass is 344 g/mol. The van der Waals surface area contributed by atoms with E-state index in [2.05, 4.69) is 0 Å². The van der Waals surface area contributed by atoms with Crippen molar-refractivity contribution in [3.8, 4) is 0 Å². The molecular weight excluding hydrogens is 329 g/mol. The smallest absolute Gasteiger partial charge is 0.396 e. The number of rotatable bonds is 5. The lowest BCUT2D eigenvalue weighted by Crippen LogP contribution is -2.31. The van der Waals surface area contributed by atoms with E-state index in [0.717, 1.165) is 18.2 Å². The summed E-state index contributed by atoms with van der Waals surface area (Å²) >= 11 is 0.667. The molecule has 0 aliphatic heterocycles. The molecule has 0 radical (unpaired) electrons. The zero-order chi connectivity index (χ0) is 16.6. The van der Waals surface area contributed by atoms with Crippen molar-refractivity contribution in [2.45, 2.75) is 24.4 Å². The zero-order valence-electron chi connectivity index (χ0n) is 11.6. The Morgan fingerprint density at radius 2 is 1.90 bits per heavy atom. The van der Waals surface area contributed by atoms with Gasteiger partial charge in [-0.1, -0.05) is 6.92 Å². The quantitative estimate of drug-likeness (QED) is 0.829. The van der Waals surface area contributed by atoms with E-state index >= 15 is 0 Å². The van der Waals surface area contributed by atoms with Crippen LogP contribution in [0.1, 0.15) is 23.0 Å². The summed E-state index contributed by atoms with van der Waals surface area (Å²) in [6.07, 6.45) is -3.58. The molecule has 0 aromatic carbocycles. The van der Waals surface area contributed by atoms with Crippen molar-refractivity contribution in [1.82, 2.24) is 0 Å². The second-order valence-electron chi connectivity index (χ2n) is 4.50. The van der Waals surface area contributed by atoms with Crippen LogP contribution < -0.4 is 10.6 Å². The van der Waals surface area contributed by atoms with Gasteiger partial charge < -0.3 is 10.6 Å². The SMILES string of the molecule is CCC(=O)c1sc(N(C)CC(F)(F)F)c(S(C)(=O)=O)c1N. The third kappa shape index (κ3) is 4.10. The molecule has 0 saturated heterocycles. The van der Waals surface area contributed by atoms with Gasteiger partial charge in [-0.25, -0.2) is 8.42 Å². The van der Waals surface area contributed by atoms with Crippen LogP contribution >= 0.6 is 11.3 Å². The van der Waals surface area contributed by atoms with Crippen LogP contribution in [0, 0.1) is 0 Å². The van der Waals surface area contributed by atoms with Gasteiger partial charge in [-0.2, -0.15) is 13.2 Å². The molecule has 21 heavy (non-hydrogen) atoms. The average molecular weight is 344 g/mol. The van der Waals surface area contributed by atoms with Crippen LogP contribution in [0.5, 0.6) is 0 Å². The van der Waals surface area contributed by atoms with Crippen LogP contribution in [0.3, 0.4) is 0 Å². The fourth-order valence-electron chi connectivity index (χ4n) is 1.73. The van der Waals surface area contributed by atoms with Gasteiger partial charge in [-0.05, 0) is 0 Å². The number of nitrogens with two attached hydrogens (primary N) is 1. The number of hydrogen-bond donors (Lipinski definition) is 1. The molecule has 1 aromatic heterocycles. The summed E-state index contributed by atoms with van der Waals surface area (Å²) in [4.78, 5) is 12.0. The van der Waals surface area contributed by atoms with E-state index in [9.17, 15) is 26.4 Å². The minimum Gasteiger partial charge on any atom is -0.396 e. The van der Waals surface area contributed by atoms with Crippen molar-refractivity contribution in [2.75, 3.05) is 30.5 Å². The molecule has 1 heterocycles. The van der Waals surface area contributed by atoms with Gasteiger partial charge >= 0.3 is 6.18 Å². The zero-order valence-corrected chi connectivity index (χ0v) is 13.2. The average Bonchev–Trinajstić information content (AvgIpc) is 2.63. The number of Topliss-reactive ketones (excluding diaryl/α,β-unsaturated/α-hetero) is 1. The molecule has 120 valence electrons. The number of carbonyl (C=O) groups excluding carboxylic acids is 1. The van der Waals surface area contributed by atoms with Gasteiger partial charge in [0.05, 0.1) is 10.6 Å². The summed E-state index contributed by atoms with van der Waals surface area (Å²) in [5.74, 6) is -0.408. The van der Waals surface area contributed by atoms with Crippen LogP contribution in [-0.4, -0.2) is 40.2 Å². The number of nitrogens with zero attached hydrogens (tertiary/aromatic N) is 1. The molecule has 0 bridgehead atoms.